The minimum absolute atomic E-state index is 0.220. The molecule has 2 fully saturated rings. The van der Waals surface area contributed by atoms with Crippen molar-refractivity contribution in [3.63, 3.8) is 0 Å². The van der Waals surface area contributed by atoms with Gasteiger partial charge in [-0.25, -0.2) is 8.78 Å². The molecule has 35 heavy (non-hydrogen) atoms. The second-order valence-electron chi connectivity index (χ2n) is 10.1. The van der Waals surface area contributed by atoms with E-state index in [9.17, 15) is 13.6 Å². The number of hydrogen-bond acceptors (Lipinski definition) is 2. The molecule has 6 heteroatoms. The predicted molar refractivity (Wildman–Crippen MR) is 136 cm³/mol. The summed E-state index contributed by atoms with van der Waals surface area (Å²) in [5.41, 5.74) is 3.05. The molecule has 0 bridgehead atoms. The lowest BCUT2D eigenvalue weighted by atomic mass is 9.89. The number of nitrogens with zero attached hydrogens (tertiary/aromatic N) is 3. The van der Waals surface area contributed by atoms with Gasteiger partial charge >= 0.3 is 0 Å². The first-order valence-corrected chi connectivity index (χ1v) is 13.1. The monoisotopic (exact) mass is 479 g/mol. The van der Waals surface area contributed by atoms with Crippen molar-refractivity contribution in [1.29, 1.82) is 0 Å². The van der Waals surface area contributed by atoms with Crippen molar-refractivity contribution in [3.05, 3.63) is 65.9 Å². The SMILES string of the molecule is O=C1CCCN1CCCCCCN1CCC(c2cn(-c3ccc(F)cc3)c3ccc(F)cc23)CC1. The molecule has 0 aliphatic carbocycles. The average Bonchev–Trinajstić information content (AvgIpc) is 3.45. The summed E-state index contributed by atoms with van der Waals surface area (Å²) in [6.45, 7) is 5.12. The van der Waals surface area contributed by atoms with Crippen LogP contribution in [0.4, 0.5) is 8.78 Å². The van der Waals surface area contributed by atoms with Crippen molar-refractivity contribution in [3.8, 4) is 5.69 Å². The maximum absolute atomic E-state index is 14.2. The molecule has 2 aliphatic rings. The van der Waals surface area contributed by atoms with E-state index in [0.29, 0.717) is 11.8 Å². The maximum Gasteiger partial charge on any atom is 0.222 e. The van der Waals surface area contributed by atoms with Crippen LogP contribution in [-0.2, 0) is 4.79 Å². The average molecular weight is 480 g/mol. The first-order valence-electron chi connectivity index (χ1n) is 13.1. The van der Waals surface area contributed by atoms with E-state index in [1.165, 1.54) is 43.0 Å². The van der Waals surface area contributed by atoms with Crippen LogP contribution in [0.3, 0.4) is 0 Å². The van der Waals surface area contributed by atoms with Crippen LogP contribution >= 0.6 is 0 Å². The molecule has 3 aromatic rings. The number of hydrogen-bond donors (Lipinski definition) is 0. The highest BCUT2D eigenvalue weighted by atomic mass is 19.1. The van der Waals surface area contributed by atoms with E-state index in [1.54, 1.807) is 18.2 Å². The smallest absolute Gasteiger partial charge is 0.222 e. The molecule has 0 radical (unpaired) electrons. The summed E-state index contributed by atoms with van der Waals surface area (Å²) in [5.74, 6) is 0.249. The van der Waals surface area contributed by atoms with Gasteiger partial charge in [0.05, 0.1) is 5.52 Å². The third-order valence-corrected chi connectivity index (χ3v) is 7.75. The Morgan fingerprint density at radius 3 is 2.26 bits per heavy atom. The van der Waals surface area contributed by atoms with E-state index in [2.05, 4.69) is 15.7 Å². The number of halogens is 2. The van der Waals surface area contributed by atoms with Crippen molar-refractivity contribution in [2.24, 2.45) is 0 Å². The molecule has 5 rings (SSSR count). The van der Waals surface area contributed by atoms with Gasteiger partial charge in [0.25, 0.3) is 0 Å². The number of fused-ring (bicyclic) bond motifs is 1. The normalized spacial score (nSPS) is 17.7. The van der Waals surface area contributed by atoms with Crippen molar-refractivity contribution < 1.29 is 13.6 Å². The number of rotatable bonds is 9. The van der Waals surface area contributed by atoms with Gasteiger partial charge in [-0.1, -0.05) is 12.8 Å². The zero-order valence-electron chi connectivity index (χ0n) is 20.4. The number of unbranched alkanes of at least 4 members (excludes halogenated alkanes) is 3. The number of piperidine rings is 1. The van der Waals surface area contributed by atoms with Gasteiger partial charge in [-0.15, -0.1) is 0 Å². The Bertz CT molecular complexity index is 1150. The van der Waals surface area contributed by atoms with Crippen molar-refractivity contribution in [2.45, 2.75) is 57.3 Å². The van der Waals surface area contributed by atoms with Crippen LogP contribution < -0.4 is 0 Å². The molecule has 4 nitrogen and oxygen atoms in total. The molecule has 3 heterocycles. The number of aromatic nitrogens is 1. The lowest BCUT2D eigenvalue weighted by Crippen LogP contribution is -2.33. The summed E-state index contributed by atoms with van der Waals surface area (Å²) in [4.78, 5) is 16.3. The fourth-order valence-electron chi connectivity index (χ4n) is 5.77. The fraction of sp³-hybridized carbons (Fsp3) is 0.483. The van der Waals surface area contributed by atoms with E-state index >= 15 is 0 Å². The van der Waals surface area contributed by atoms with Crippen LogP contribution in [0.2, 0.25) is 0 Å². The van der Waals surface area contributed by atoms with Gasteiger partial charge in [-0.2, -0.15) is 0 Å². The van der Waals surface area contributed by atoms with E-state index in [-0.39, 0.29) is 11.6 Å². The van der Waals surface area contributed by atoms with Gasteiger partial charge in [0.15, 0.2) is 0 Å². The van der Waals surface area contributed by atoms with E-state index in [4.69, 9.17) is 0 Å². The Balaban J connectivity index is 1.14. The molecule has 0 atom stereocenters. The Kier molecular flexibility index (Phi) is 7.47. The minimum atomic E-state index is -0.259. The Hall–Kier alpha value is -2.73. The quantitative estimate of drug-likeness (QED) is 0.338. The third kappa shape index (κ3) is 5.58. The third-order valence-electron chi connectivity index (χ3n) is 7.75. The number of carbonyl (C=O) groups is 1. The van der Waals surface area contributed by atoms with Gasteiger partial charge in [0.1, 0.15) is 11.6 Å². The summed E-state index contributed by atoms with van der Waals surface area (Å²) in [6, 6.07) is 11.4. The van der Waals surface area contributed by atoms with Crippen LogP contribution in [-0.4, -0.2) is 53.0 Å². The van der Waals surface area contributed by atoms with Crippen LogP contribution in [0.25, 0.3) is 16.6 Å². The molecule has 0 spiro atoms. The first kappa shape index (κ1) is 24.0. The molecule has 1 aromatic heterocycles. The molecular weight excluding hydrogens is 444 g/mol. The molecule has 2 saturated heterocycles. The molecule has 0 N–H and O–H groups in total. The molecule has 0 saturated carbocycles. The van der Waals surface area contributed by atoms with Crippen LogP contribution in [0.5, 0.6) is 0 Å². The Morgan fingerprint density at radius 1 is 0.829 bits per heavy atom. The standard InChI is InChI=1S/C29H35F2N3O/c30-23-7-10-25(11-8-23)34-21-27(26-20-24(31)9-12-28(26)34)22-13-18-32(19-14-22)15-3-1-2-4-16-33-17-5-6-29(33)35/h7-12,20-22H,1-6,13-19H2. The number of likely N-dealkylation sites (tertiary alicyclic amines) is 2. The highest BCUT2D eigenvalue weighted by Gasteiger charge is 2.24. The molecule has 2 aromatic carbocycles. The van der Waals surface area contributed by atoms with Crippen LogP contribution in [0.1, 0.15) is 62.8 Å². The summed E-state index contributed by atoms with van der Waals surface area (Å²) < 4.78 is 29.7. The molecular formula is C29H35F2N3O. The number of amides is 1. The van der Waals surface area contributed by atoms with Gasteiger partial charge in [-0.3, -0.25) is 4.79 Å². The topological polar surface area (TPSA) is 28.5 Å². The van der Waals surface area contributed by atoms with Crippen LogP contribution in [0, 0.1) is 11.6 Å². The van der Waals surface area contributed by atoms with Gasteiger partial charge in [0.2, 0.25) is 5.91 Å². The number of benzene rings is 2. The Morgan fingerprint density at radius 2 is 1.54 bits per heavy atom. The largest absolute Gasteiger partial charge is 0.343 e. The summed E-state index contributed by atoms with van der Waals surface area (Å²) in [7, 11) is 0. The second kappa shape index (κ2) is 10.9. The van der Waals surface area contributed by atoms with E-state index < -0.39 is 0 Å². The van der Waals surface area contributed by atoms with Crippen LogP contribution in [0.15, 0.2) is 48.7 Å². The lowest BCUT2D eigenvalue weighted by molar-refractivity contribution is -0.127. The zero-order chi connectivity index (χ0) is 24.2. The Labute approximate surface area is 206 Å². The maximum atomic E-state index is 14.2. The van der Waals surface area contributed by atoms with E-state index in [1.807, 2.05) is 11.0 Å². The second-order valence-corrected chi connectivity index (χ2v) is 10.1. The first-order chi connectivity index (χ1) is 17.1. The highest BCUT2D eigenvalue weighted by molar-refractivity contribution is 5.86. The summed E-state index contributed by atoms with van der Waals surface area (Å²) >= 11 is 0. The highest BCUT2D eigenvalue weighted by Crippen LogP contribution is 2.36. The number of carbonyl (C=O) groups excluding carboxylic acids is 1. The van der Waals surface area contributed by atoms with Gasteiger partial charge in [0, 0.05) is 36.8 Å². The molecule has 2 aliphatic heterocycles. The fourth-order valence-corrected chi connectivity index (χ4v) is 5.77. The van der Waals surface area contributed by atoms with Crippen molar-refractivity contribution in [1.82, 2.24) is 14.4 Å². The van der Waals surface area contributed by atoms with E-state index in [0.717, 1.165) is 81.4 Å². The van der Waals surface area contributed by atoms with Gasteiger partial charge in [-0.05, 0) is 106 Å². The van der Waals surface area contributed by atoms with Gasteiger partial charge < -0.3 is 14.4 Å². The van der Waals surface area contributed by atoms with Crippen molar-refractivity contribution in [2.75, 3.05) is 32.7 Å². The minimum Gasteiger partial charge on any atom is -0.343 e. The van der Waals surface area contributed by atoms with Crippen molar-refractivity contribution >= 4 is 16.8 Å². The molecule has 0 unspecified atom stereocenters. The molecule has 186 valence electrons. The zero-order valence-corrected chi connectivity index (χ0v) is 20.4. The predicted octanol–water partition coefficient (Wildman–Crippen LogP) is 6.27. The molecule has 1 amide bonds. The lowest BCUT2D eigenvalue weighted by Gasteiger charge is -2.32. The summed E-state index contributed by atoms with van der Waals surface area (Å²) in [6.07, 6.45) is 10.7. The summed E-state index contributed by atoms with van der Waals surface area (Å²) in [5, 5.41) is 0.962.